The molecule has 2 amide bonds. The summed E-state index contributed by atoms with van der Waals surface area (Å²) < 4.78 is 29.2. The Bertz CT molecular complexity index is 814. The molecule has 0 radical (unpaired) electrons. The fraction of sp³-hybridized carbons (Fsp3) is 0.571. The van der Waals surface area contributed by atoms with Gasteiger partial charge in [-0.05, 0) is 52.7 Å². The highest BCUT2D eigenvalue weighted by Gasteiger charge is 2.39. The fourth-order valence-electron chi connectivity index (χ4n) is 3.08. The average molecular weight is 459 g/mol. The monoisotopic (exact) mass is 458 g/mol. The van der Waals surface area contributed by atoms with E-state index in [4.69, 9.17) is 25.8 Å². The van der Waals surface area contributed by atoms with Gasteiger partial charge in [0.15, 0.2) is 6.61 Å². The minimum Gasteiger partial charge on any atom is -0.484 e. The van der Waals surface area contributed by atoms with Gasteiger partial charge in [-0.3, -0.25) is 9.69 Å². The van der Waals surface area contributed by atoms with Crippen molar-refractivity contribution in [2.45, 2.75) is 58.2 Å². The van der Waals surface area contributed by atoms with E-state index < -0.39 is 41.5 Å². The molecule has 1 aromatic rings. The van der Waals surface area contributed by atoms with Gasteiger partial charge in [-0.2, -0.15) is 0 Å². The zero-order valence-electron chi connectivity index (χ0n) is 18.1. The molecular formula is C21H28ClFN2O6. The maximum atomic E-state index is 13.5. The summed E-state index contributed by atoms with van der Waals surface area (Å²) in [4.78, 5) is 38.5. The van der Waals surface area contributed by atoms with Crippen LogP contribution in [0.4, 0.5) is 9.18 Å². The van der Waals surface area contributed by atoms with Gasteiger partial charge in [0.2, 0.25) is 0 Å². The summed E-state index contributed by atoms with van der Waals surface area (Å²) in [5, 5.41) is 2.72. The third-order valence-corrected chi connectivity index (χ3v) is 4.70. The number of hydrogen-bond acceptors (Lipinski definition) is 6. The summed E-state index contributed by atoms with van der Waals surface area (Å²) >= 11 is 5.62. The van der Waals surface area contributed by atoms with Crippen molar-refractivity contribution in [3.8, 4) is 5.75 Å². The Balaban J connectivity index is 1.98. The zero-order chi connectivity index (χ0) is 23.2. The van der Waals surface area contributed by atoms with Crippen molar-refractivity contribution in [3.05, 3.63) is 29.0 Å². The highest BCUT2D eigenvalue weighted by molar-refractivity contribution is 6.30. The third kappa shape index (κ3) is 7.57. The van der Waals surface area contributed by atoms with Crippen molar-refractivity contribution < 1.29 is 33.0 Å². The number of carbonyl (C=O) groups is 3. The molecule has 0 bridgehead atoms. The van der Waals surface area contributed by atoms with Gasteiger partial charge < -0.3 is 19.5 Å². The molecule has 10 heteroatoms. The lowest BCUT2D eigenvalue weighted by Crippen LogP contribution is -2.57. The number of hydrogen-bond donors (Lipinski definition) is 1. The second-order valence-electron chi connectivity index (χ2n) is 8.11. The van der Waals surface area contributed by atoms with Crippen LogP contribution in [0.5, 0.6) is 5.75 Å². The van der Waals surface area contributed by atoms with Gasteiger partial charge in [-0.25, -0.2) is 14.0 Å². The third-order valence-electron chi connectivity index (χ3n) is 4.39. The van der Waals surface area contributed by atoms with Crippen LogP contribution < -0.4 is 10.1 Å². The molecule has 0 saturated carbocycles. The van der Waals surface area contributed by atoms with E-state index in [2.05, 4.69) is 5.32 Å². The van der Waals surface area contributed by atoms with Crippen molar-refractivity contribution in [1.29, 1.82) is 0 Å². The predicted octanol–water partition coefficient (Wildman–Crippen LogP) is 3.31. The first-order chi connectivity index (χ1) is 14.5. The summed E-state index contributed by atoms with van der Waals surface area (Å²) in [6.07, 6.45) is 0.119. The number of benzene rings is 1. The van der Waals surface area contributed by atoms with E-state index in [-0.39, 0.29) is 30.5 Å². The lowest BCUT2D eigenvalue weighted by atomic mass is 9.98. The molecule has 8 nitrogen and oxygen atoms in total. The Morgan fingerprint density at radius 3 is 2.58 bits per heavy atom. The first-order valence-corrected chi connectivity index (χ1v) is 10.4. The van der Waals surface area contributed by atoms with E-state index in [0.29, 0.717) is 12.8 Å². The van der Waals surface area contributed by atoms with Crippen LogP contribution in [0.15, 0.2) is 18.2 Å². The van der Waals surface area contributed by atoms with Crippen molar-refractivity contribution in [2.75, 3.05) is 19.8 Å². The van der Waals surface area contributed by atoms with Crippen molar-refractivity contribution in [2.24, 2.45) is 0 Å². The molecule has 1 saturated heterocycles. The maximum absolute atomic E-state index is 13.5. The maximum Gasteiger partial charge on any atom is 0.411 e. The average Bonchev–Trinajstić information content (AvgIpc) is 2.67. The van der Waals surface area contributed by atoms with E-state index in [1.165, 1.54) is 17.0 Å². The molecule has 1 aromatic carbocycles. The van der Waals surface area contributed by atoms with Crippen LogP contribution in [0.25, 0.3) is 0 Å². The molecule has 1 aliphatic rings. The summed E-state index contributed by atoms with van der Waals surface area (Å²) in [6.45, 7) is 6.80. The Kier molecular flexibility index (Phi) is 8.50. The molecule has 31 heavy (non-hydrogen) atoms. The number of amides is 2. The van der Waals surface area contributed by atoms with Crippen LogP contribution >= 0.6 is 11.6 Å². The molecule has 0 unspecified atom stereocenters. The van der Waals surface area contributed by atoms with Crippen LogP contribution in [0.2, 0.25) is 5.02 Å². The van der Waals surface area contributed by atoms with Crippen LogP contribution in [0, 0.1) is 5.82 Å². The van der Waals surface area contributed by atoms with E-state index in [9.17, 15) is 18.8 Å². The van der Waals surface area contributed by atoms with Gasteiger partial charge in [0.25, 0.3) is 5.91 Å². The summed E-state index contributed by atoms with van der Waals surface area (Å²) in [7, 11) is 0. The molecule has 0 aliphatic carbocycles. The zero-order valence-corrected chi connectivity index (χ0v) is 18.8. The molecule has 1 N–H and O–H groups in total. The number of halogens is 2. The fourth-order valence-corrected chi connectivity index (χ4v) is 3.20. The standard InChI is InChI=1S/C21H28ClFN2O6/c1-5-29-19(27)17-9-6-13(11-25(17)20(28)31-21(2,3)4)24-18(26)12-30-14-7-8-15(22)16(23)10-14/h7-8,10,13,17H,5-6,9,11-12H2,1-4H3,(H,24,26)/t13-,17+/m0/s1. The number of ether oxygens (including phenoxy) is 3. The molecule has 0 spiro atoms. The van der Waals surface area contributed by atoms with Crippen LogP contribution in [0.1, 0.15) is 40.5 Å². The summed E-state index contributed by atoms with van der Waals surface area (Å²) in [5.41, 5.74) is -0.742. The van der Waals surface area contributed by atoms with Gasteiger partial charge in [0.05, 0.1) is 11.6 Å². The second-order valence-corrected chi connectivity index (χ2v) is 8.51. The molecule has 1 aliphatic heterocycles. The Morgan fingerprint density at radius 1 is 1.26 bits per heavy atom. The van der Waals surface area contributed by atoms with E-state index >= 15 is 0 Å². The number of nitrogens with one attached hydrogen (secondary N) is 1. The molecule has 2 rings (SSSR count). The van der Waals surface area contributed by atoms with E-state index in [1.807, 2.05) is 0 Å². The molecule has 0 aromatic heterocycles. The van der Waals surface area contributed by atoms with Gasteiger partial charge in [-0.15, -0.1) is 0 Å². The van der Waals surface area contributed by atoms with Crippen LogP contribution in [-0.2, 0) is 19.1 Å². The summed E-state index contributed by atoms with van der Waals surface area (Å²) in [6, 6.07) is 2.68. The van der Waals surface area contributed by atoms with Crippen LogP contribution in [-0.4, -0.2) is 60.3 Å². The first-order valence-electron chi connectivity index (χ1n) is 10.0. The lowest BCUT2D eigenvalue weighted by Gasteiger charge is -2.38. The quantitative estimate of drug-likeness (QED) is 0.657. The SMILES string of the molecule is CCOC(=O)[C@H]1CC[C@H](NC(=O)COc2ccc(Cl)c(F)c2)CN1C(=O)OC(C)(C)C. The van der Waals surface area contributed by atoms with E-state index in [0.717, 1.165) is 6.07 Å². The molecule has 1 heterocycles. The number of likely N-dealkylation sites (tertiary alicyclic amines) is 1. The van der Waals surface area contributed by atoms with Crippen molar-refractivity contribution in [1.82, 2.24) is 10.2 Å². The number of esters is 1. The van der Waals surface area contributed by atoms with Gasteiger partial charge in [0, 0.05) is 18.7 Å². The normalized spacial score (nSPS) is 18.8. The Labute approximate surface area is 186 Å². The van der Waals surface area contributed by atoms with Gasteiger partial charge in [-0.1, -0.05) is 11.6 Å². The first kappa shape index (κ1) is 24.7. The highest BCUT2D eigenvalue weighted by Crippen LogP contribution is 2.23. The Morgan fingerprint density at radius 2 is 1.97 bits per heavy atom. The number of carbonyl (C=O) groups excluding carboxylic acids is 3. The van der Waals surface area contributed by atoms with Gasteiger partial charge in [0.1, 0.15) is 23.2 Å². The molecule has 1 fully saturated rings. The Hall–Kier alpha value is -2.55. The predicted molar refractivity (Wildman–Crippen MR) is 111 cm³/mol. The van der Waals surface area contributed by atoms with Gasteiger partial charge >= 0.3 is 12.1 Å². The molecular weight excluding hydrogens is 431 g/mol. The minimum absolute atomic E-state index is 0.0441. The topological polar surface area (TPSA) is 94.2 Å². The van der Waals surface area contributed by atoms with Crippen molar-refractivity contribution in [3.63, 3.8) is 0 Å². The number of rotatable bonds is 6. The number of nitrogens with zero attached hydrogens (tertiary/aromatic N) is 1. The summed E-state index contributed by atoms with van der Waals surface area (Å²) in [5.74, 6) is -1.44. The molecule has 172 valence electrons. The lowest BCUT2D eigenvalue weighted by molar-refractivity contribution is -0.151. The highest BCUT2D eigenvalue weighted by atomic mass is 35.5. The largest absolute Gasteiger partial charge is 0.484 e. The molecule has 2 atom stereocenters. The van der Waals surface area contributed by atoms with E-state index in [1.54, 1.807) is 27.7 Å². The van der Waals surface area contributed by atoms with Crippen LogP contribution in [0.3, 0.4) is 0 Å². The minimum atomic E-state index is -0.781. The second kappa shape index (κ2) is 10.7. The number of piperidine rings is 1. The smallest absolute Gasteiger partial charge is 0.411 e. The van der Waals surface area contributed by atoms with Crippen molar-refractivity contribution >= 4 is 29.6 Å².